The fourth-order valence-electron chi connectivity index (χ4n) is 1.99. The number of anilines is 3. The van der Waals surface area contributed by atoms with Gasteiger partial charge in [-0.15, -0.1) is 0 Å². The van der Waals surface area contributed by atoms with Crippen LogP contribution in [0.25, 0.3) is 0 Å². The summed E-state index contributed by atoms with van der Waals surface area (Å²) in [6.07, 6.45) is 1.44. The monoisotopic (exact) mass is 342 g/mol. The fraction of sp³-hybridized carbons (Fsp3) is 0. The summed E-state index contributed by atoms with van der Waals surface area (Å²) in [4.78, 5) is 20.4. The zero-order valence-corrected chi connectivity index (χ0v) is 13.1. The quantitative estimate of drug-likeness (QED) is 0.743. The smallest absolute Gasteiger partial charge is 0.274 e. The predicted octanol–water partition coefficient (Wildman–Crippen LogP) is 4.27. The van der Waals surface area contributed by atoms with Crippen LogP contribution in [0.5, 0.6) is 0 Å². The molecule has 3 aromatic rings. The van der Waals surface area contributed by atoms with Gasteiger partial charge in [0.15, 0.2) is 0 Å². The first-order chi connectivity index (χ1) is 11.6. The zero-order chi connectivity index (χ0) is 16.9. The van der Waals surface area contributed by atoms with Gasteiger partial charge in [0.05, 0.1) is 10.7 Å². The molecule has 0 bridgehead atoms. The second kappa shape index (κ2) is 7.06. The van der Waals surface area contributed by atoms with Crippen molar-refractivity contribution < 1.29 is 9.18 Å². The van der Waals surface area contributed by atoms with Crippen molar-refractivity contribution in [2.24, 2.45) is 0 Å². The Balaban J connectivity index is 1.77. The first-order valence-electron chi connectivity index (χ1n) is 7.03. The zero-order valence-electron chi connectivity index (χ0n) is 12.3. The number of nitrogens with one attached hydrogen (secondary N) is 2. The number of carbonyl (C=O) groups is 1. The molecule has 5 nitrogen and oxygen atoms in total. The Hall–Kier alpha value is -2.99. The van der Waals surface area contributed by atoms with Gasteiger partial charge in [0.25, 0.3) is 5.91 Å². The summed E-state index contributed by atoms with van der Waals surface area (Å²) in [7, 11) is 0. The maximum absolute atomic E-state index is 13.2. The van der Waals surface area contributed by atoms with Crippen LogP contribution in [-0.4, -0.2) is 15.9 Å². The highest BCUT2D eigenvalue weighted by molar-refractivity contribution is 6.33. The number of aromatic nitrogens is 2. The minimum Gasteiger partial charge on any atom is -0.324 e. The van der Waals surface area contributed by atoms with Crippen LogP contribution < -0.4 is 10.6 Å². The van der Waals surface area contributed by atoms with Gasteiger partial charge in [-0.1, -0.05) is 29.8 Å². The lowest BCUT2D eigenvalue weighted by atomic mass is 10.3. The number of rotatable bonds is 4. The summed E-state index contributed by atoms with van der Waals surface area (Å²) >= 11 is 6.01. The molecule has 120 valence electrons. The lowest BCUT2D eigenvalue weighted by Crippen LogP contribution is -2.15. The van der Waals surface area contributed by atoms with Crippen molar-refractivity contribution in [1.29, 1.82) is 0 Å². The third kappa shape index (κ3) is 3.85. The van der Waals surface area contributed by atoms with Crippen molar-refractivity contribution in [3.8, 4) is 0 Å². The Morgan fingerprint density at radius 3 is 2.71 bits per heavy atom. The van der Waals surface area contributed by atoms with Crippen molar-refractivity contribution in [3.05, 3.63) is 77.3 Å². The summed E-state index contributed by atoms with van der Waals surface area (Å²) in [6, 6.07) is 14.2. The molecule has 0 aliphatic carbocycles. The molecule has 0 aliphatic rings. The molecule has 2 N–H and O–H groups in total. The summed E-state index contributed by atoms with van der Waals surface area (Å²) in [6.45, 7) is 0. The van der Waals surface area contributed by atoms with E-state index in [-0.39, 0.29) is 17.5 Å². The van der Waals surface area contributed by atoms with Gasteiger partial charge in [0, 0.05) is 11.9 Å². The van der Waals surface area contributed by atoms with Crippen molar-refractivity contribution >= 4 is 34.8 Å². The van der Waals surface area contributed by atoms with E-state index >= 15 is 0 Å². The Labute approximate surface area is 142 Å². The van der Waals surface area contributed by atoms with E-state index in [4.69, 9.17) is 11.6 Å². The molecule has 0 unspecified atom stereocenters. The van der Waals surface area contributed by atoms with E-state index in [2.05, 4.69) is 20.6 Å². The fourth-order valence-corrected chi connectivity index (χ4v) is 2.17. The standard InChI is InChI=1S/C17H12ClFN4O/c18-13-6-1-2-7-14(13)22-16(24)15-8-9-20-17(23-15)21-12-5-3-4-11(19)10-12/h1-10H,(H,22,24)(H,20,21,23). The maximum Gasteiger partial charge on any atom is 0.274 e. The third-order valence-corrected chi connectivity index (χ3v) is 3.42. The van der Waals surface area contributed by atoms with Crippen LogP contribution in [0, 0.1) is 5.82 Å². The number of para-hydroxylation sites is 1. The summed E-state index contributed by atoms with van der Waals surface area (Å²) < 4.78 is 13.2. The molecule has 1 heterocycles. The second-order valence-electron chi connectivity index (χ2n) is 4.83. The first-order valence-corrected chi connectivity index (χ1v) is 7.41. The summed E-state index contributed by atoms with van der Waals surface area (Å²) in [5, 5.41) is 5.95. The predicted molar refractivity (Wildman–Crippen MR) is 91.1 cm³/mol. The first kappa shape index (κ1) is 15.9. The lowest BCUT2D eigenvalue weighted by Gasteiger charge is -2.08. The number of hydrogen-bond acceptors (Lipinski definition) is 4. The van der Waals surface area contributed by atoms with Crippen LogP contribution in [0.2, 0.25) is 5.02 Å². The number of benzene rings is 2. The number of amides is 1. The van der Waals surface area contributed by atoms with Gasteiger partial charge in [-0.2, -0.15) is 0 Å². The van der Waals surface area contributed by atoms with E-state index in [1.54, 1.807) is 36.4 Å². The normalized spacial score (nSPS) is 10.2. The average Bonchev–Trinajstić information content (AvgIpc) is 2.57. The van der Waals surface area contributed by atoms with Gasteiger partial charge in [0.1, 0.15) is 11.5 Å². The van der Waals surface area contributed by atoms with E-state index in [9.17, 15) is 9.18 Å². The van der Waals surface area contributed by atoms with Gasteiger partial charge in [-0.25, -0.2) is 14.4 Å². The van der Waals surface area contributed by atoms with Gasteiger partial charge in [0.2, 0.25) is 5.95 Å². The molecule has 2 aromatic carbocycles. The van der Waals surface area contributed by atoms with E-state index in [1.165, 1.54) is 24.4 Å². The minimum absolute atomic E-state index is 0.156. The van der Waals surface area contributed by atoms with Crippen LogP contribution in [0.1, 0.15) is 10.5 Å². The minimum atomic E-state index is -0.423. The largest absolute Gasteiger partial charge is 0.324 e. The lowest BCUT2D eigenvalue weighted by molar-refractivity contribution is 0.102. The van der Waals surface area contributed by atoms with Crippen molar-refractivity contribution in [2.75, 3.05) is 10.6 Å². The number of halogens is 2. The highest BCUT2D eigenvalue weighted by atomic mass is 35.5. The van der Waals surface area contributed by atoms with Crippen LogP contribution in [0.15, 0.2) is 60.8 Å². The Morgan fingerprint density at radius 1 is 1.08 bits per heavy atom. The van der Waals surface area contributed by atoms with Crippen LogP contribution in [-0.2, 0) is 0 Å². The van der Waals surface area contributed by atoms with Crippen molar-refractivity contribution in [1.82, 2.24) is 9.97 Å². The Morgan fingerprint density at radius 2 is 1.92 bits per heavy atom. The molecule has 24 heavy (non-hydrogen) atoms. The van der Waals surface area contributed by atoms with Crippen LogP contribution in [0.4, 0.5) is 21.7 Å². The SMILES string of the molecule is O=C(Nc1ccccc1Cl)c1ccnc(Nc2cccc(F)c2)n1. The Kier molecular flexibility index (Phi) is 4.67. The molecule has 0 fully saturated rings. The van der Waals surface area contributed by atoms with Crippen molar-refractivity contribution in [3.63, 3.8) is 0 Å². The molecule has 7 heteroatoms. The number of hydrogen-bond donors (Lipinski definition) is 2. The summed E-state index contributed by atoms with van der Waals surface area (Å²) in [5.41, 5.74) is 1.13. The van der Waals surface area contributed by atoms with E-state index in [1.807, 2.05) is 0 Å². The van der Waals surface area contributed by atoms with Crippen LogP contribution >= 0.6 is 11.6 Å². The molecular weight excluding hydrogens is 331 g/mol. The Bertz CT molecular complexity index is 888. The van der Waals surface area contributed by atoms with Gasteiger partial charge in [-0.05, 0) is 36.4 Å². The molecule has 1 aromatic heterocycles. The number of nitrogens with zero attached hydrogens (tertiary/aromatic N) is 2. The van der Waals surface area contributed by atoms with Gasteiger partial charge in [-0.3, -0.25) is 4.79 Å². The molecule has 0 aliphatic heterocycles. The molecule has 1 amide bonds. The molecule has 0 atom stereocenters. The molecule has 0 spiro atoms. The second-order valence-corrected chi connectivity index (χ2v) is 5.24. The number of carbonyl (C=O) groups excluding carboxylic acids is 1. The van der Waals surface area contributed by atoms with Crippen LogP contribution in [0.3, 0.4) is 0 Å². The topological polar surface area (TPSA) is 66.9 Å². The molecule has 0 saturated heterocycles. The molecule has 0 radical (unpaired) electrons. The average molecular weight is 343 g/mol. The third-order valence-electron chi connectivity index (χ3n) is 3.09. The highest BCUT2D eigenvalue weighted by Gasteiger charge is 2.11. The summed E-state index contributed by atoms with van der Waals surface area (Å²) in [5.74, 6) is -0.618. The van der Waals surface area contributed by atoms with E-state index in [0.717, 1.165) is 0 Å². The maximum atomic E-state index is 13.2. The van der Waals surface area contributed by atoms with E-state index in [0.29, 0.717) is 16.4 Å². The highest BCUT2D eigenvalue weighted by Crippen LogP contribution is 2.21. The van der Waals surface area contributed by atoms with E-state index < -0.39 is 5.91 Å². The van der Waals surface area contributed by atoms with Gasteiger partial charge < -0.3 is 10.6 Å². The molecular formula is C17H12ClFN4O. The van der Waals surface area contributed by atoms with Gasteiger partial charge >= 0.3 is 0 Å². The van der Waals surface area contributed by atoms with Crippen molar-refractivity contribution in [2.45, 2.75) is 0 Å². The molecule has 0 saturated carbocycles. The molecule has 3 rings (SSSR count).